The molecule has 0 amide bonds. The normalized spacial score (nSPS) is 13.1. The van der Waals surface area contributed by atoms with Crippen LogP contribution in [0.5, 0.6) is 0 Å². The van der Waals surface area contributed by atoms with Gasteiger partial charge in [-0.15, -0.1) is 0 Å². The highest BCUT2D eigenvalue weighted by atomic mass is 16.3. The van der Waals surface area contributed by atoms with Gasteiger partial charge in [-0.2, -0.15) is 0 Å². The second kappa shape index (κ2) is 12.3. The summed E-state index contributed by atoms with van der Waals surface area (Å²) in [6, 6.07) is 48.2. The van der Waals surface area contributed by atoms with Gasteiger partial charge in [0.1, 0.15) is 22.3 Å². The maximum absolute atomic E-state index is 8.89. The third kappa shape index (κ3) is 5.01. The van der Waals surface area contributed by atoms with Crippen molar-refractivity contribution in [2.75, 3.05) is 0 Å². The van der Waals surface area contributed by atoms with E-state index in [-0.39, 0.29) is 23.0 Å². The summed E-state index contributed by atoms with van der Waals surface area (Å²) >= 11 is 0. The summed E-state index contributed by atoms with van der Waals surface area (Å²) in [4.78, 5) is 14.8. The van der Waals surface area contributed by atoms with E-state index in [9.17, 15) is 0 Å². The predicted molar refractivity (Wildman–Crippen MR) is 230 cm³/mol. The number of hydrogen-bond acceptors (Lipinski definition) is 5. The van der Waals surface area contributed by atoms with Crippen molar-refractivity contribution in [3.63, 3.8) is 0 Å². The van der Waals surface area contributed by atoms with Crippen molar-refractivity contribution >= 4 is 65.7 Å². The lowest BCUT2D eigenvalue weighted by molar-refractivity contribution is 0.668. The van der Waals surface area contributed by atoms with E-state index >= 15 is 0 Å². The number of rotatable bonds is 5. The number of benzene rings is 8. The summed E-state index contributed by atoms with van der Waals surface area (Å²) in [6.07, 6.45) is 0. The fraction of sp³-hybridized carbons (Fsp3) is 0. The van der Waals surface area contributed by atoms with Gasteiger partial charge in [-0.3, -0.25) is 0 Å². The van der Waals surface area contributed by atoms with Crippen LogP contribution in [0.2, 0.25) is 0 Å². The molecule has 0 N–H and O–H groups in total. The van der Waals surface area contributed by atoms with Crippen molar-refractivity contribution in [3.8, 4) is 51.0 Å². The van der Waals surface area contributed by atoms with E-state index in [0.717, 1.165) is 65.7 Å². The minimum atomic E-state index is -0.502. The Labute approximate surface area is 332 Å². The molecule has 0 bridgehead atoms. The van der Waals surface area contributed by atoms with Gasteiger partial charge in [-0.25, -0.2) is 15.0 Å². The summed E-state index contributed by atoms with van der Waals surface area (Å²) in [5.41, 5.74) is 8.92. The number of fused-ring (bicyclic) bond motifs is 9. The summed E-state index contributed by atoms with van der Waals surface area (Å²) in [6.45, 7) is 0. The lowest BCUT2D eigenvalue weighted by Gasteiger charge is -2.10. The van der Waals surface area contributed by atoms with Gasteiger partial charge in [0.05, 0.1) is 17.9 Å². The summed E-state index contributed by atoms with van der Waals surface area (Å²) in [5.74, 6) is 0.416. The first-order valence-electron chi connectivity index (χ1n) is 21.1. The van der Waals surface area contributed by atoms with Crippen molar-refractivity contribution in [2.24, 2.45) is 0 Å². The molecule has 4 heterocycles. The number of furan rings is 2. The molecule has 0 atom stereocenters. The maximum atomic E-state index is 8.89. The highest BCUT2D eigenvalue weighted by molar-refractivity contribution is 6.14. The van der Waals surface area contributed by atoms with E-state index in [1.54, 1.807) is 0 Å². The molecule has 0 aliphatic carbocycles. The second-order valence-electron chi connectivity index (χ2n) is 14.0. The molecule has 0 aliphatic heterocycles. The minimum absolute atomic E-state index is 0.0602. The molecule has 0 saturated carbocycles. The maximum Gasteiger partial charge on any atom is 0.164 e. The zero-order chi connectivity index (χ0) is 41.8. The average Bonchev–Trinajstić information content (AvgIpc) is 3.99. The Hall–Kier alpha value is -7.83. The van der Waals surface area contributed by atoms with Crippen LogP contribution in [-0.2, 0) is 0 Å². The molecule has 266 valence electrons. The lowest BCUT2D eigenvalue weighted by Crippen LogP contribution is -2.00. The number of para-hydroxylation sites is 2. The number of hydrogen-bond donors (Lipinski definition) is 0. The number of nitrogens with zero attached hydrogens (tertiary/aromatic N) is 4. The topological polar surface area (TPSA) is 69.9 Å². The Morgan fingerprint density at radius 3 is 1.79 bits per heavy atom. The smallest absolute Gasteiger partial charge is 0.164 e. The third-order valence-electron chi connectivity index (χ3n) is 10.8. The molecule has 6 heteroatoms. The molecule has 0 fully saturated rings. The van der Waals surface area contributed by atoms with Crippen LogP contribution in [0.25, 0.3) is 117 Å². The van der Waals surface area contributed by atoms with Crippen molar-refractivity contribution < 1.29 is 15.7 Å². The second-order valence-corrected chi connectivity index (χ2v) is 14.0. The minimum Gasteiger partial charge on any atom is -0.456 e. The Bertz CT molecular complexity index is 3750. The van der Waals surface area contributed by atoms with Crippen LogP contribution >= 0.6 is 0 Å². The molecule has 0 aliphatic rings. The number of aromatic nitrogens is 4. The molecule has 4 aromatic heterocycles. The van der Waals surface area contributed by atoms with Gasteiger partial charge in [0, 0.05) is 54.7 Å². The summed E-state index contributed by atoms with van der Waals surface area (Å²) in [7, 11) is 0. The Morgan fingerprint density at radius 2 is 1.04 bits per heavy atom. The summed E-state index contributed by atoms with van der Waals surface area (Å²) < 4.78 is 58.2. The van der Waals surface area contributed by atoms with E-state index in [2.05, 4.69) is 77.4 Å². The van der Waals surface area contributed by atoms with Crippen molar-refractivity contribution in [3.05, 3.63) is 182 Å². The predicted octanol–water partition coefficient (Wildman–Crippen LogP) is 13.4. The first-order chi connectivity index (χ1) is 30.3. The first kappa shape index (κ1) is 26.9. The van der Waals surface area contributed by atoms with E-state index in [1.165, 1.54) is 0 Å². The van der Waals surface area contributed by atoms with E-state index in [4.69, 9.17) is 30.6 Å². The van der Waals surface area contributed by atoms with Crippen molar-refractivity contribution in [2.45, 2.75) is 0 Å². The third-order valence-corrected chi connectivity index (χ3v) is 10.8. The van der Waals surface area contributed by atoms with Crippen LogP contribution in [0.1, 0.15) is 6.85 Å². The van der Waals surface area contributed by atoms with Crippen LogP contribution in [0.15, 0.2) is 191 Å². The van der Waals surface area contributed by atoms with Gasteiger partial charge >= 0.3 is 0 Å². The average molecular weight is 736 g/mol. The van der Waals surface area contributed by atoms with Gasteiger partial charge in [-0.05, 0) is 71.8 Å². The fourth-order valence-corrected chi connectivity index (χ4v) is 8.17. The summed E-state index contributed by atoms with van der Waals surface area (Å²) in [5, 5.41) is 5.77. The highest BCUT2D eigenvalue weighted by Gasteiger charge is 2.20. The Balaban J connectivity index is 1.08. The zero-order valence-corrected chi connectivity index (χ0v) is 30.0. The zero-order valence-electron chi connectivity index (χ0n) is 35.0. The SMILES string of the molecule is [2H]c1c([2H])c([2H])c(-c2nc(-c3ccc4c(c3)oc3cc(-c5ccccc5)ccc34)nc(-c3cccc4oc5ccc(-n6c7ccccc7c7ccccc76)cc5c34)n2)c([2H])c1[2H]. The molecule has 0 spiro atoms. The molecule has 12 aromatic rings. The molecule has 0 radical (unpaired) electrons. The van der Waals surface area contributed by atoms with Crippen molar-refractivity contribution in [1.82, 2.24) is 19.5 Å². The van der Waals surface area contributed by atoms with Gasteiger partial charge in [0.15, 0.2) is 17.5 Å². The molecule has 57 heavy (non-hydrogen) atoms. The standard InChI is InChI=1S/C51H30N4O2/c1-3-12-31(13-4-1)33-22-25-38-39-26-23-34(29-47(39)57-46(38)28-33)50-52-49(32-14-5-2-6-15-32)53-51(54-50)40-18-11-21-45-48(40)41-30-35(24-27-44(41)56-45)55-42-19-9-7-16-36(42)37-17-8-10-20-43(37)55/h1-30H/i2D,5D,6D,14D,15D. The van der Waals surface area contributed by atoms with Crippen LogP contribution in [0, 0.1) is 0 Å². The van der Waals surface area contributed by atoms with E-state index in [1.807, 2.05) is 78.9 Å². The monoisotopic (exact) mass is 735 g/mol. The van der Waals surface area contributed by atoms with Gasteiger partial charge in [0.2, 0.25) is 0 Å². The van der Waals surface area contributed by atoms with Gasteiger partial charge in [-0.1, -0.05) is 121 Å². The van der Waals surface area contributed by atoms with E-state index in [0.29, 0.717) is 27.9 Å². The Morgan fingerprint density at radius 1 is 0.404 bits per heavy atom. The quantitative estimate of drug-likeness (QED) is 0.176. The molecular formula is C51H30N4O2. The molecule has 12 rings (SSSR count). The van der Waals surface area contributed by atoms with Crippen LogP contribution in [0.4, 0.5) is 0 Å². The largest absolute Gasteiger partial charge is 0.456 e. The van der Waals surface area contributed by atoms with Crippen LogP contribution in [0.3, 0.4) is 0 Å². The molecular weight excluding hydrogens is 701 g/mol. The van der Waals surface area contributed by atoms with Crippen LogP contribution < -0.4 is 0 Å². The molecule has 6 nitrogen and oxygen atoms in total. The Kier molecular flexibility index (Phi) is 5.82. The highest BCUT2D eigenvalue weighted by Crippen LogP contribution is 2.40. The van der Waals surface area contributed by atoms with Gasteiger partial charge in [0.25, 0.3) is 0 Å². The fourth-order valence-electron chi connectivity index (χ4n) is 8.17. The molecule has 0 unspecified atom stereocenters. The van der Waals surface area contributed by atoms with Crippen molar-refractivity contribution in [1.29, 1.82) is 0 Å². The molecule has 8 aromatic carbocycles. The lowest BCUT2D eigenvalue weighted by atomic mass is 10.0. The van der Waals surface area contributed by atoms with Crippen LogP contribution in [-0.4, -0.2) is 19.5 Å². The van der Waals surface area contributed by atoms with E-state index < -0.39 is 30.2 Å². The van der Waals surface area contributed by atoms with Gasteiger partial charge < -0.3 is 13.4 Å². The first-order valence-corrected chi connectivity index (χ1v) is 18.6. The molecule has 0 saturated heterocycles.